The Labute approximate surface area is 289 Å². The Bertz CT molecular complexity index is 1640. The molecule has 2 aliphatic rings. The minimum absolute atomic E-state index is 0.0788. The van der Waals surface area contributed by atoms with Crippen molar-refractivity contribution in [3.8, 4) is 0 Å². The second-order valence-electron chi connectivity index (χ2n) is 12.6. The molecular weight excluding hydrogens is 647 g/mol. The van der Waals surface area contributed by atoms with Crippen molar-refractivity contribution in [1.82, 2.24) is 0 Å². The first kappa shape index (κ1) is 41.1. The van der Waals surface area contributed by atoms with E-state index in [0.29, 0.717) is 5.57 Å². The predicted molar refractivity (Wildman–Crippen MR) is 191 cm³/mol. The number of esters is 1. The summed E-state index contributed by atoms with van der Waals surface area (Å²) < 4.78 is 27.3. The number of carbonyl (C=O) groups is 2. The molecule has 2 rings (SSSR count). The van der Waals surface area contributed by atoms with E-state index >= 15 is 0 Å². The molecule has 0 aromatic rings. The van der Waals surface area contributed by atoms with Crippen molar-refractivity contribution >= 4 is 19.6 Å². The maximum atomic E-state index is 13.2. The summed E-state index contributed by atoms with van der Waals surface area (Å²) in [4.78, 5) is 34.8. The Morgan fingerprint density at radius 3 is 1.94 bits per heavy atom. The van der Waals surface area contributed by atoms with Gasteiger partial charge in [0.05, 0.1) is 6.61 Å². The number of cyclic esters (lactones) is 1. The van der Waals surface area contributed by atoms with E-state index in [4.69, 9.17) is 9.05 Å². The molecule has 266 valence electrons. The second kappa shape index (κ2) is 18.6. The zero-order valence-electron chi connectivity index (χ0n) is 29.4. The summed E-state index contributed by atoms with van der Waals surface area (Å²) in [7, 11) is -4.88. The minimum atomic E-state index is -4.88. The average molecular weight is 697 g/mol. The van der Waals surface area contributed by atoms with E-state index < -0.39 is 61.4 Å². The molecule has 0 radical (unpaired) electrons. The van der Waals surface area contributed by atoms with E-state index in [1.54, 1.807) is 6.92 Å². The highest BCUT2D eigenvalue weighted by atomic mass is 31.2. The van der Waals surface area contributed by atoms with Gasteiger partial charge < -0.3 is 24.9 Å². The maximum Gasteiger partial charge on any atom is 0.472 e. The molecule has 0 amide bonds. The van der Waals surface area contributed by atoms with Gasteiger partial charge >= 0.3 is 13.8 Å². The zero-order chi connectivity index (χ0) is 36.9. The van der Waals surface area contributed by atoms with Crippen LogP contribution >= 0.6 is 7.82 Å². The molecule has 49 heavy (non-hydrogen) atoms. The summed E-state index contributed by atoms with van der Waals surface area (Å²) in [5.41, 5.74) is 4.85. The van der Waals surface area contributed by atoms with E-state index in [9.17, 15) is 34.4 Å². The lowest BCUT2D eigenvalue weighted by atomic mass is 9.71. The number of aliphatic hydroxyl groups is 3. The molecule has 0 saturated heterocycles. The highest BCUT2D eigenvalue weighted by Crippen LogP contribution is 2.50. The Morgan fingerprint density at radius 1 is 0.918 bits per heavy atom. The Hall–Kier alpha value is -4.05. The zero-order valence-corrected chi connectivity index (χ0v) is 30.3. The van der Waals surface area contributed by atoms with Gasteiger partial charge in [-0.15, -0.1) is 0 Å². The lowest BCUT2D eigenvalue weighted by Gasteiger charge is -2.36. The first-order chi connectivity index (χ1) is 22.9. The van der Waals surface area contributed by atoms with Gasteiger partial charge in [0, 0.05) is 0 Å². The number of hydrogen-bond acceptors (Lipinski definition) is 9. The number of Topliss-reactive ketones (excluding diaryl/α,β-unsaturated/α-hetero) is 1. The fourth-order valence-electron chi connectivity index (χ4n) is 4.98. The topological polar surface area (TPSA) is 160 Å². The highest BCUT2D eigenvalue weighted by molar-refractivity contribution is 7.47. The normalized spacial score (nSPS) is 23.7. The largest absolute Gasteiger partial charge is 0.505 e. The number of phosphoric ester groups is 1. The fourth-order valence-corrected chi connectivity index (χ4v) is 5.87. The molecule has 1 aliphatic carbocycles. The number of aliphatic hydroxyl groups excluding tert-OH is 3. The van der Waals surface area contributed by atoms with Crippen LogP contribution in [0.2, 0.25) is 0 Å². The van der Waals surface area contributed by atoms with Crippen LogP contribution in [0.1, 0.15) is 61.8 Å². The third-order valence-electron chi connectivity index (χ3n) is 7.66. The number of hydrogen-bond donors (Lipinski definition) is 4. The van der Waals surface area contributed by atoms with Crippen LogP contribution in [-0.2, 0) is 27.9 Å². The Kier molecular flexibility index (Phi) is 15.6. The number of rotatable bonds is 15. The molecule has 0 bridgehead atoms. The van der Waals surface area contributed by atoms with Gasteiger partial charge in [-0.1, -0.05) is 121 Å². The second-order valence-corrected chi connectivity index (χ2v) is 14.0. The van der Waals surface area contributed by atoms with Gasteiger partial charge in [0.25, 0.3) is 0 Å². The lowest BCUT2D eigenvalue weighted by Crippen LogP contribution is -2.37. The van der Waals surface area contributed by atoms with E-state index in [0.717, 1.165) is 22.3 Å². The lowest BCUT2D eigenvalue weighted by molar-refractivity contribution is -0.147. The number of allylic oxidation sites excluding steroid dienone is 19. The first-order valence-corrected chi connectivity index (χ1v) is 17.3. The molecule has 0 fully saturated rings. The van der Waals surface area contributed by atoms with Gasteiger partial charge in [-0.25, -0.2) is 9.36 Å². The molecule has 1 heterocycles. The van der Waals surface area contributed by atoms with Crippen LogP contribution in [0.3, 0.4) is 0 Å². The van der Waals surface area contributed by atoms with Crippen LogP contribution in [0.4, 0.5) is 0 Å². The maximum absolute atomic E-state index is 13.2. The molecular formula is C38H49O10P. The van der Waals surface area contributed by atoms with Crippen molar-refractivity contribution in [1.29, 1.82) is 0 Å². The molecule has 0 aromatic carbocycles. The Balaban J connectivity index is 2.01. The third-order valence-corrected chi connectivity index (χ3v) is 8.65. The van der Waals surface area contributed by atoms with Crippen molar-refractivity contribution in [2.75, 3.05) is 6.61 Å². The number of ketones is 1. The van der Waals surface area contributed by atoms with Gasteiger partial charge in [0.15, 0.2) is 17.6 Å². The van der Waals surface area contributed by atoms with Crippen LogP contribution in [-0.4, -0.2) is 56.9 Å². The molecule has 0 spiro atoms. The van der Waals surface area contributed by atoms with Gasteiger partial charge in [0.1, 0.15) is 12.2 Å². The molecule has 11 heteroatoms. The van der Waals surface area contributed by atoms with Gasteiger partial charge in [-0.05, 0) is 64.5 Å². The van der Waals surface area contributed by atoms with Crippen LogP contribution in [0, 0.1) is 5.41 Å². The predicted octanol–water partition coefficient (Wildman–Crippen LogP) is 8.00. The van der Waals surface area contributed by atoms with Crippen molar-refractivity contribution < 1.29 is 48.2 Å². The summed E-state index contributed by atoms with van der Waals surface area (Å²) >= 11 is 0. The highest BCUT2D eigenvalue weighted by Gasteiger charge is 2.44. The standard InChI is InChI=1S/C38H49O10P/c1-9-14-25(2)17-12-18-26(3)15-10-11-16-27(4)19-13-20-28(5)21-22-30-29(6)33(40)32(23-38(30,7)8)48-49(44,45)46-24-31(39)36-34(41)35(42)37(43)47-36/h9-22,31-32,36,39,41-42H,23-24H2,1-8H3,(H,44,45)/b11-10+,14-9+,18-12+,19-13+,22-21+,25-17+,26-15+,27-16+,28-20+/t31-,32?,36+/m0/s1. The fraction of sp³-hybridized carbons (Fsp3) is 0.368. The van der Waals surface area contributed by atoms with E-state index in [-0.39, 0.29) is 6.42 Å². The van der Waals surface area contributed by atoms with E-state index in [1.165, 1.54) is 5.57 Å². The van der Waals surface area contributed by atoms with Crippen molar-refractivity contribution in [2.24, 2.45) is 5.41 Å². The summed E-state index contributed by atoms with van der Waals surface area (Å²) in [5, 5.41) is 29.2. The summed E-state index contributed by atoms with van der Waals surface area (Å²) in [5.74, 6) is -3.74. The van der Waals surface area contributed by atoms with Crippen molar-refractivity contribution in [3.63, 3.8) is 0 Å². The average Bonchev–Trinajstić information content (AvgIpc) is 3.27. The summed E-state index contributed by atoms with van der Waals surface area (Å²) in [6.07, 6.45) is 23.2. The van der Waals surface area contributed by atoms with E-state index in [2.05, 4.69) is 29.9 Å². The van der Waals surface area contributed by atoms with Crippen LogP contribution < -0.4 is 0 Å². The molecule has 0 aromatic heterocycles. The number of carbonyl (C=O) groups excluding carboxylic acids is 2. The van der Waals surface area contributed by atoms with E-state index in [1.807, 2.05) is 108 Å². The summed E-state index contributed by atoms with van der Waals surface area (Å²) in [6, 6.07) is 0. The van der Waals surface area contributed by atoms with Crippen molar-refractivity contribution in [2.45, 2.75) is 80.1 Å². The number of ether oxygens (including phenoxy) is 1. The molecule has 1 aliphatic heterocycles. The smallest absolute Gasteiger partial charge is 0.472 e. The molecule has 4 atom stereocenters. The van der Waals surface area contributed by atoms with Crippen LogP contribution in [0.15, 0.2) is 130 Å². The first-order valence-electron chi connectivity index (χ1n) is 15.8. The summed E-state index contributed by atoms with van der Waals surface area (Å²) in [6.45, 7) is 14.5. The van der Waals surface area contributed by atoms with Gasteiger partial charge in [0.2, 0.25) is 5.76 Å². The SMILES string of the molecule is C/C=C/C(C)=C/C=C/C(C)=C/C=C/C=C(C)/C=C/C=C(C)/C=C/C1=C(C)C(=O)C(OP(=O)(O)OC[C@H](O)[C@H]2OC(=O)C(O)=C2O)CC1(C)C. The minimum Gasteiger partial charge on any atom is -0.505 e. The molecule has 2 unspecified atom stereocenters. The van der Waals surface area contributed by atoms with Crippen molar-refractivity contribution in [3.05, 3.63) is 130 Å². The molecule has 0 saturated carbocycles. The van der Waals surface area contributed by atoms with Crippen LogP contribution in [0.25, 0.3) is 0 Å². The van der Waals surface area contributed by atoms with Gasteiger partial charge in [-0.3, -0.25) is 13.8 Å². The molecule has 10 nitrogen and oxygen atoms in total. The monoisotopic (exact) mass is 696 g/mol. The Morgan fingerprint density at radius 2 is 1.43 bits per heavy atom. The third kappa shape index (κ3) is 13.1. The quantitative estimate of drug-likeness (QED) is 0.0750. The van der Waals surface area contributed by atoms with Crippen LogP contribution in [0.5, 0.6) is 0 Å². The van der Waals surface area contributed by atoms with Gasteiger partial charge in [-0.2, -0.15) is 0 Å². The number of phosphoric acid groups is 1. The molecule has 4 N–H and O–H groups in total.